The van der Waals surface area contributed by atoms with Crippen LogP contribution in [0.1, 0.15) is 25.8 Å². The van der Waals surface area contributed by atoms with Crippen molar-refractivity contribution in [1.82, 2.24) is 9.80 Å². The lowest BCUT2D eigenvalue weighted by atomic mass is 9.78. The number of hydrogen-bond acceptors (Lipinski definition) is 6. The normalized spacial score (nSPS) is 32.7. The zero-order valence-electron chi connectivity index (χ0n) is 20.1. The summed E-state index contributed by atoms with van der Waals surface area (Å²) < 4.78 is 11.9. The summed E-state index contributed by atoms with van der Waals surface area (Å²) in [5.74, 6) is -2.63. The molecule has 1 N–H and O–H groups in total. The van der Waals surface area contributed by atoms with Gasteiger partial charge in [0.05, 0.1) is 24.7 Å². The van der Waals surface area contributed by atoms with Crippen LogP contribution in [0.2, 0.25) is 0 Å². The predicted molar refractivity (Wildman–Crippen MR) is 127 cm³/mol. The Bertz CT molecular complexity index is 1050. The van der Waals surface area contributed by atoms with Crippen molar-refractivity contribution in [1.29, 1.82) is 0 Å². The second kappa shape index (κ2) is 9.24. The van der Waals surface area contributed by atoms with Crippen LogP contribution in [0, 0.1) is 17.8 Å². The van der Waals surface area contributed by atoms with Gasteiger partial charge in [-0.05, 0) is 24.0 Å². The molecule has 1 aromatic rings. The zero-order chi connectivity index (χ0) is 24.7. The van der Waals surface area contributed by atoms with Gasteiger partial charge in [-0.1, -0.05) is 62.4 Å². The molecule has 1 aromatic carbocycles. The molecule has 1 unspecified atom stereocenters. The van der Waals surface area contributed by atoms with Crippen LogP contribution < -0.4 is 0 Å². The minimum atomic E-state index is -1.31. The van der Waals surface area contributed by atoms with Gasteiger partial charge in [0.1, 0.15) is 24.2 Å². The molecule has 6 atom stereocenters. The molecule has 4 aliphatic rings. The number of aliphatic hydroxyl groups is 1. The van der Waals surface area contributed by atoms with E-state index in [0.29, 0.717) is 19.5 Å². The number of carbonyl (C=O) groups excluding carboxylic acids is 3. The number of rotatable bonds is 6. The van der Waals surface area contributed by atoms with E-state index in [-0.39, 0.29) is 30.9 Å². The van der Waals surface area contributed by atoms with Crippen LogP contribution in [0.4, 0.5) is 0 Å². The number of esters is 1. The van der Waals surface area contributed by atoms with E-state index in [1.54, 1.807) is 17.1 Å². The van der Waals surface area contributed by atoms with E-state index in [9.17, 15) is 19.5 Å². The van der Waals surface area contributed by atoms with Crippen LogP contribution in [0.3, 0.4) is 0 Å². The largest absolute Gasteiger partial charge is 0.461 e. The first-order valence-electron chi connectivity index (χ1n) is 12.3. The number of aliphatic hydroxyl groups excluding tert-OH is 1. The van der Waals surface area contributed by atoms with Gasteiger partial charge in [-0.3, -0.25) is 14.4 Å². The van der Waals surface area contributed by atoms with Crippen molar-refractivity contribution >= 4 is 17.8 Å². The first-order chi connectivity index (χ1) is 16.9. The predicted octanol–water partition coefficient (Wildman–Crippen LogP) is 1.69. The van der Waals surface area contributed by atoms with Crippen molar-refractivity contribution in [3.63, 3.8) is 0 Å². The molecule has 5 rings (SSSR count). The van der Waals surface area contributed by atoms with Crippen LogP contribution in [0.5, 0.6) is 0 Å². The summed E-state index contributed by atoms with van der Waals surface area (Å²) in [6.07, 6.45) is 7.02. The summed E-state index contributed by atoms with van der Waals surface area (Å²) in [4.78, 5) is 44.4. The third kappa shape index (κ3) is 3.89. The molecule has 186 valence electrons. The second-order valence-electron chi connectivity index (χ2n) is 10.2. The number of likely N-dealkylation sites (tertiary alicyclic amines) is 1. The van der Waals surface area contributed by atoms with Gasteiger partial charge < -0.3 is 24.4 Å². The molecule has 2 amide bonds. The van der Waals surface area contributed by atoms with E-state index in [0.717, 1.165) is 5.56 Å². The summed E-state index contributed by atoms with van der Waals surface area (Å²) in [5, 5.41) is 10.3. The molecule has 4 heterocycles. The zero-order valence-corrected chi connectivity index (χ0v) is 20.1. The van der Waals surface area contributed by atoms with Crippen molar-refractivity contribution in [2.45, 2.75) is 50.6 Å². The lowest BCUT2D eigenvalue weighted by Gasteiger charge is -2.39. The van der Waals surface area contributed by atoms with Gasteiger partial charge in [0, 0.05) is 13.1 Å². The van der Waals surface area contributed by atoms with Gasteiger partial charge in [0.2, 0.25) is 11.8 Å². The molecule has 2 saturated heterocycles. The molecule has 8 nitrogen and oxygen atoms in total. The van der Waals surface area contributed by atoms with Crippen LogP contribution in [0.25, 0.3) is 0 Å². The van der Waals surface area contributed by atoms with Gasteiger partial charge in [-0.25, -0.2) is 0 Å². The highest BCUT2D eigenvalue weighted by Gasteiger charge is 2.72. The Hall–Kier alpha value is -2.97. The molecule has 0 bridgehead atoms. The van der Waals surface area contributed by atoms with E-state index in [4.69, 9.17) is 9.47 Å². The van der Waals surface area contributed by atoms with Gasteiger partial charge in [0.15, 0.2) is 0 Å². The van der Waals surface area contributed by atoms with Crippen molar-refractivity contribution in [2.75, 3.05) is 19.8 Å². The Morgan fingerprint density at radius 1 is 1.11 bits per heavy atom. The molecule has 0 radical (unpaired) electrons. The Morgan fingerprint density at radius 3 is 2.60 bits per heavy atom. The van der Waals surface area contributed by atoms with Crippen molar-refractivity contribution in [3.05, 3.63) is 60.2 Å². The van der Waals surface area contributed by atoms with E-state index in [1.165, 1.54) is 4.90 Å². The molecule has 0 aromatic heterocycles. The molecule has 8 heteroatoms. The molecule has 0 aliphatic carbocycles. The van der Waals surface area contributed by atoms with Crippen molar-refractivity contribution < 1.29 is 29.0 Å². The summed E-state index contributed by atoms with van der Waals surface area (Å²) in [6, 6.07) is 8.14. The highest BCUT2D eigenvalue weighted by molar-refractivity contribution is 5.99. The average Bonchev–Trinajstić information content (AvgIpc) is 3.15. The number of amides is 2. The smallest absolute Gasteiger partial charge is 0.313 e. The number of nitrogens with zero attached hydrogens (tertiary/aromatic N) is 2. The fraction of sp³-hybridized carbons (Fsp3) is 0.519. The number of benzene rings is 1. The van der Waals surface area contributed by atoms with E-state index in [2.05, 4.69) is 0 Å². The molecule has 1 spiro atoms. The fourth-order valence-corrected chi connectivity index (χ4v) is 6.11. The van der Waals surface area contributed by atoms with Crippen molar-refractivity contribution in [2.24, 2.45) is 17.8 Å². The Morgan fingerprint density at radius 2 is 1.89 bits per heavy atom. The summed E-state index contributed by atoms with van der Waals surface area (Å²) >= 11 is 0. The van der Waals surface area contributed by atoms with Gasteiger partial charge >= 0.3 is 5.97 Å². The van der Waals surface area contributed by atoms with E-state index < -0.39 is 41.6 Å². The van der Waals surface area contributed by atoms with Crippen molar-refractivity contribution in [3.8, 4) is 0 Å². The number of carbonyl (C=O) groups is 3. The average molecular weight is 481 g/mol. The molecule has 0 saturated carbocycles. The summed E-state index contributed by atoms with van der Waals surface area (Å²) in [6.45, 7) is 4.60. The maximum atomic E-state index is 14.2. The van der Waals surface area contributed by atoms with Gasteiger partial charge in [-0.15, -0.1) is 0 Å². The maximum Gasteiger partial charge on any atom is 0.313 e. The first kappa shape index (κ1) is 23.8. The number of cyclic esters (lactones) is 1. The molecule has 2 fully saturated rings. The third-order valence-corrected chi connectivity index (χ3v) is 7.50. The molecular formula is C27H32N2O6. The fourth-order valence-electron chi connectivity index (χ4n) is 6.11. The third-order valence-electron chi connectivity index (χ3n) is 7.50. The first-order valence-corrected chi connectivity index (χ1v) is 12.3. The lowest BCUT2D eigenvalue weighted by Crippen LogP contribution is -2.58. The summed E-state index contributed by atoms with van der Waals surface area (Å²) in [5.41, 5.74) is -0.331. The monoisotopic (exact) mass is 480 g/mol. The number of ether oxygens (including phenoxy) is 2. The van der Waals surface area contributed by atoms with Crippen LogP contribution in [0.15, 0.2) is 54.6 Å². The highest BCUT2D eigenvalue weighted by Crippen LogP contribution is 2.54. The standard InChI is InChI=1S/C27H32N2O6/c1-17(2)14-19(16-30)29-23-25(32)28(15-18-8-4-3-5-9-18)12-7-11-27(23)22(24(29)31)21-20(35-27)10-6-13-34-26(21)33/h3-11,17,19-23,30H,12-16H2,1-2H3/t19-,20-,21+,22+,23?,27+/m1/s1. The number of hydrogen-bond donors (Lipinski definition) is 1. The topological polar surface area (TPSA) is 96.4 Å². The van der Waals surface area contributed by atoms with Gasteiger partial charge in [0.25, 0.3) is 0 Å². The maximum absolute atomic E-state index is 14.2. The highest BCUT2D eigenvalue weighted by atomic mass is 16.6. The molecule has 35 heavy (non-hydrogen) atoms. The van der Waals surface area contributed by atoms with Crippen LogP contribution in [-0.4, -0.2) is 76.2 Å². The number of fused-ring (bicyclic) bond motifs is 2. The van der Waals surface area contributed by atoms with Crippen LogP contribution in [-0.2, 0) is 30.4 Å². The van der Waals surface area contributed by atoms with E-state index in [1.807, 2.05) is 56.3 Å². The summed E-state index contributed by atoms with van der Waals surface area (Å²) in [7, 11) is 0. The lowest BCUT2D eigenvalue weighted by molar-refractivity contribution is -0.155. The SMILES string of the molecule is CC(C)C[C@H](CO)N1C(=O)[C@@H]2[C@H]3C(=O)OCC=C[C@H]3O[C@@]23C=CCN(Cc2ccccc2)C(=O)C13. The Kier molecular flexibility index (Phi) is 6.27. The Labute approximate surface area is 205 Å². The van der Waals surface area contributed by atoms with E-state index >= 15 is 0 Å². The molecular weight excluding hydrogens is 448 g/mol. The van der Waals surface area contributed by atoms with Crippen LogP contribution >= 0.6 is 0 Å². The second-order valence-corrected chi connectivity index (χ2v) is 10.2. The van der Waals surface area contributed by atoms with Gasteiger partial charge in [-0.2, -0.15) is 0 Å². The minimum Gasteiger partial charge on any atom is -0.461 e. The minimum absolute atomic E-state index is 0.127. The quantitative estimate of drug-likeness (QED) is 0.492. The molecule has 4 aliphatic heterocycles. The Balaban J connectivity index is 1.59.